The van der Waals surface area contributed by atoms with Crippen LogP contribution in [-0.2, 0) is 0 Å². The fourth-order valence-electron chi connectivity index (χ4n) is 5.77. The zero-order valence-electron chi connectivity index (χ0n) is 23.7. The minimum Gasteiger partial charge on any atom is -0.309 e. The summed E-state index contributed by atoms with van der Waals surface area (Å²) in [6.07, 6.45) is 16.8. The fraction of sp³-hybridized carbons (Fsp3) is 0.0811. The monoisotopic (exact) mass is 638 g/mol. The third-order valence-electron chi connectivity index (χ3n) is 7.87. The molecule has 7 heteroatoms. The predicted molar refractivity (Wildman–Crippen MR) is 187 cm³/mol. The maximum absolute atomic E-state index is 4.26. The van der Waals surface area contributed by atoms with Crippen LogP contribution < -0.4 is 0 Å². The number of benzene rings is 2. The van der Waals surface area contributed by atoms with Gasteiger partial charge in [0, 0.05) is 87.0 Å². The first-order chi connectivity index (χ1) is 21.0. The summed E-state index contributed by atoms with van der Waals surface area (Å²) in [6.45, 7) is 8.07. The zero-order chi connectivity index (χ0) is 29.5. The Kier molecular flexibility index (Phi) is 7.80. The Hall–Kier alpha value is -5.14. The summed E-state index contributed by atoms with van der Waals surface area (Å²) in [7, 11) is 0. The summed E-state index contributed by atoms with van der Waals surface area (Å²) < 4.78 is 5.64. The summed E-state index contributed by atoms with van der Waals surface area (Å²) in [5, 5.41) is 4.49. The molecule has 216 valence electrons. The van der Waals surface area contributed by atoms with Crippen LogP contribution in [0.25, 0.3) is 61.1 Å². The molecule has 0 atom stereocenters. The van der Waals surface area contributed by atoms with E-state index in [1.54, 1.807) is 0 Å². The minimum atomic E-state index is 0. The van der Waals surface area contributed by atoms with Gasteiger partial charge < -0.3 is 9.13 Å². The first-order valence-electron chi connectivity index (χ1n) is 13.9. The van der Waals surface area contributed by atoms with Crippen molar-refractivity contribution in [2.24, 2.45) is 0 Å². The Morgan fingerprint density at radius 1 is 0.568 bits per heavy atom. The Bertz CT molecular complexity index is 2210. The lowest BCUT2D eigenvalue weighted by Gasteiger charge is -2.10. The van der Waals surface area contributed by atoms with Gasteiger partial charge in [0.2, 0.25) is 0 Å². The number of halogens is 1. The van der Waals surface area contributed by atoms with E-state index in [4.69, 9.17) is 0 Å². The van der Waals surface area contributed by atoms with Crippen LogP contribution in [0.15, 0.2) is 121 Å². The number of hydrogen-bond donors (Lipinski definition) is 0. The maximum Gasteiger partial charge on any atom is 0.0572 e. The van der Waals surface area contributed by atoms with Crippen LogP contribution in [-0.4, -0.2) is 29.1 Å². The van der Waals surface area contributed by atoms with Crippen molar-refractivity contribution in [3.05, 3.63) is 138 Å². The van der Waals surface area contributed by atoms with Gasteiger partial charge in [0.15, 0.2) is 0 Å². The molecule has 0 radical (unpaired) electrons. The highest BCUT2D eigenvalue weighted by molar-refractivity contribution is 9.10. The molecule has 0 unspecified atom stereocenters. The first kappa shape index (κ1) is 29.0. The minimum absolute atomic E-state index is 0. The molecule has 0 aliphatic carbocycles. The van der Waals surface area contributed by atoms with Gasteiger partial charge in [-0.2, -0.15) is 0 Å². The first-order valence-corrected chi connectivity index (χ1v) is 14.7. The van der Waals surface area contributed by atoms with Crippen molar-refractivity contribution in [1.29, 1.82) is 0 Å². The van der Waals surface area contributed by atoms with Gasteiger partial charge in [0.1, 0.15) is 0 Å². The topological polar surface area (TPSA) is 61.4 Å². The van der Waals surface area contributed by atoms with E-state index in [2.05, 4.69) is 102 Å². The second-order valence-electron chi connectivity index (χ2n) is 10.4. The number of rotatable bonds is 3. The molecule has 6 nitrogen and oxygen atoms in total. The van der Waals surface area contributed by atoms with Crippen molar-refractivity contribution in [2.45, 2.75) is 21.3 Å². The molecule has 8 aromatic rings. The number of pyridine rings is 4. The van der Waals surface area contributed by atoms with Crippen LogP contribution >= 0.6 is 15.9 Å². The van der Waals surface area contributed by atoms with E-state index < -0.39 is 0 Å². The lowest BCUT2D eigenvalue weighted by atomic mass is 10.1. The van der Waals surface area contributed by atoms with E-state index in [1.165, 1.54) is 11.1 Å². The second kappa shape index (κ2) is 11.9. The highest BCUT2D eigenvalue weighted by Gasteiger charge is 2.14. The van der Waals surface area contributed by atoms with E-state index in [0.717, 1.165) is 65.0 Å². The second-order valence-corrected chi connectivity index (χ2v) is 11.3. The van der Waals surface area contributed by atoms with Gasteiger partial charge in [-0.15, -0.1) is 0 Å². The Morgan fingerprint density at radius 2 is 0.955 bits per heavy atom. The van der Waals surface area contributed by atoms with Crippen LogP contribution in [0.2, 0.25) is 0 Å². The van der Waals surface area contributed by atoms with Crippen molar-refractivity contribution in [1.82, 2.24) is 29.1 Å². The number of fused-ring (bicyclic) bond motifs is 6. The highest BCUT2D eigenvalue weighted by atomic mass is 79.9. The number of hydrogen-bond acceptors (Lipinski definition) is 4. The van der Waals surface area contributed by atoms with E-state index in [0.29, 0.717) is 0 Å². The molecule has 0 saturated heterocycles. The van der Waals surface area contributed by atoms with Crippen LogP contribution in [0.1, 0.15) is 24.1 Å². The normalized spacial score (nSPS) is 11.0. The van der Waals surface area contributed by atoms with Crippen molar-refractivity contribution in [3.8, 4) is 11.4 Å². The van der Waals surface area contributed by atoms with Gasteiger partial charge in [-0.3, -0.25) is 19.9 Å². The third kappa shape index (κ3) is 4.85. The van der Waals surface area contributed by atoms with Gasteiger partial charge >= 0.3 is 0 Å². The van der Waals surface area contributed by atoms with E-state index >= 15 is 0 Å². The average Bonchev–Trinajstić information content (AvgIpc) is 3.56. The van der Waals surface area contributed by atoms with Gasteiger partial charge in [0.05, 0.1) is 22.1 Å². The highest BCUT2D eigenvalue weighted by Crippen LogP contribution is 2.33. The molecule has 6 heterocycles. The average molecular weight is 640 g/mol. The summed E-state index contributed by atoms with van der Waals surface area (Å²) in [6, 6.07) is 21.0. The number of aryl methyl sites for hydroxylation is 2. The van der Waals surface area contributed by atoms with Crippen molar-refractivity contribution in [2.75, 3.05) is 0 Å². The molecule has 0 aliphatic heterocycles. The predicted octanol–water partition coefficient (Wildman–Crippen LogP) is 9.81. The molecule has 0 saturated carbocycles. The lowest BCUT2D eigenvalue weighted by Crippen LogP contribution is -1.95. The van der Waals surface area contributed by atoms with E-state index in [-0.39, 0.29) is 7.43 Å². The van der Waals surface area contributed by atoms with Gasteiger partial charge in [-0.05, 0) is 85.1 Å². The summed E-state index contributed by atoms with van der Waals surface area (Å²) >= 11 is 3.56. The van der Waals surface area contributed by atoms with E-state index in [9.17, 15) is 0 Å². The van der Waals surface area contributed by atoms with Crippen molar-refractivity contribution >= 4 is 65.6 Å². The summed E-state index contributed by atoms with van der Waals surface area (Å²) in [5.41, 5.74) is 10.5. The van der Waals surface area contributed by atoms with Crippen molar-refractivity contribution in [3.63, 3.8) is 0 Å². The Morgan fingerprint density at radius 3 is 1.32 bits per heavy atom. The molecule has 0 bridgehead atoms. The quantitative estimate of drug-likeness (QED) is 0.193. The smallest absolute Gasteiger partial charge is 0.0572 e. The molecule has 44 heavy (non-hydrogen) atoms. The Balaban J connectivity index is 0.000000153. The molecule has 8 rings (SSSR count). The summed E-state index contributed by atoms with van der Waals surface area (Å²) in [4.78, 5) is 17.0. The number of nitrogens with zero attached hydrogens (tertiary/aromatic N) is 6. The number of aromatic nitrogens is 6. The molecule has 0 N–H and O–H groups in total. The fourth-order valence-corrected chi connectivity index (χ4v) is 6.02. The van der Waals surface area contributed by atoms with Gasteiger partial charge in [0.25, 0.3) is 0 Å². The van der Waals surface area contributed by atoms with Crippen LogP contribution in [0.4, 0.5) is 0 Å². The third-order valence-corrected chi connectivity index (χ3v) is 8.76. The maximum atomic E-state index is 4.26. The van der Waals surface area contributed by atoms with Crippen molar-refractivity contribution < 1.29 is 0 Å². The van der Waals surface area contributed by atoms with Crippen LogP contribution in [0.5, 0.6) is 0 Å². The molecule has 2 aromatic carbocycles. The largest absolute Gasteiger partial charge is 0.309 e. The standard InChI is InChI=1S/C19H15N3.C17H12BrN3.CH4/c1-3-14-4-5-15(10-13(14)2)22-18-6-8-20-11-16(18)17-12-21-9-7-19(17)22;1-11-8-12(2-3-15(11)18)21-16-4-6-19-9-13(16)14-10-20-7-5-17(14)21;/h3-12H,1H2,2H3;2-10H,1H3;1H4. The molecule has 6 aromatic heterocycles. The van der Waals surface area contributed by atoms with Gasteiger partial charge in [-0.1, -0.05) is 42.1 Å². The molecule has 0 amide bonds. The molecule has 0 fully saturated rings. The Labute approximate surface area is 264 Å². The molecular weight excluding hydrogens is 608 g/mol. The molecular formula is C37H31BrN6. The SMILES string of the molecule is C.C=Cc1ccc(-n2c3ccncc3c3cnccc32)cc1C.Cc1cc(-n2c3ccncc3c3cnccc32)ccc1Br. The van der Waals surface area contributed by atoms with Crippen LogP contribution in [0.3, 0.4) is 0 Å². The summed E-state index contributed by atoms with van der Waals surface area (Å²) in [5.74, 6) is 0. The van der Waals surface area contributed by atoms with E-state index in [1.807, 2.05) is 79.9 Å². The molecule has 0 aliphatic rings. The van der Waals surface area contributed by atoms with Gasteiger partial charge in [-0.25, -0.2) is 0 Å². The molecule has 0 spiro atoms. The lowest BCUT2D eigenvalue weighted by molar-refractivity contribution is 1.16. The zero-order valence-corrected chi connectivity index (χ0v) is 25.3. The van der Waals surface area contributed by atoms with Crippen LogP contribution in [0, 0.1) is 13.8 Å².